The number of fused-ring (bicyclic) bond motifs is 1. The number of carbonyl (C=O) groups is 1. The van der Waals surface area contributed by atoms with Gasteiger partial charge in [-0.1, -0.05) is 24.3 Å². The Morgan fingerprint density at radius 1 is 1.05 bits per heavy atom. The van der Waals surface area contributed by atoms with E-state index in [9.17, 15) is 4.79 Å². The van der Waals surface area contributed by atoms with Gasteiger partial charge in [-0.25, -0.2) is 0 Å². The van der Waals surface area contributed by atoms with E-state index in [0.717, 1.165) is 16.5 Å². The summed E-state index contributed by atoms with van der Waals surface area (Å²) in [5.41, 5.74) is 12.0. The van der Waals surface area contributed by atoms with Crippen molar-refractivity contribution in [3.63, 3.8) is 0 Å². The monoisotopic (exact) mass is 292 g/mol. The lowest BCUT2D eigenvalue weighted by Crippen LogP contribution is -2.24. The third-order valence-corrected chi connectivity index (χ3v) is 2.84. The number of amides is 1. The van der Waals surface area contributed by atoms with Crippen molar-refractivity contribution < 1.29 is 4.79 Å². The van der Waals surface area contributed by atoms with Gasteiger partial charge in [0.15, 0.2) is 5.96 Å². The Balaban J connectivity index is 0.00000200. The first-order chi connectivity index (χ1) is 9.00. The lowest BCUT2D eigenvalue weighted by molar-refractivity contribution is 0.100. The normalized spacial score (nSPS) is 9.70. The molecule has 20 heavy (non-hydrogen) atoms. The summed E-state index contributed by atoms with van der Waals surface area (Å²) in [6, 6.07) is 11.3. The van der Waals surface area contributed by atoms with Gasteiger partial charge < -0.3 is 16.4 Å². The first kappa shape index (κ1) is 15.8. The molecule has 0 saturated carbocycles. The lowest BCUT2D eigenvalue weighted by Gasteiger charge is -2.16. The largest absolute Gasteiger partial charge is 0.377 e. The topological polar surface area (TPSA) is 84.7 Å². The number of aliphatic imine (C=N–C) groups is 1. The number of anilines is 1. The molecule has 0 atom stereocenters. The van der Waals surface area contributed by atoms with Gasteiger partial charge in [0.25, 0.3) is 5.91 Å². The van der Waals surface area contributed by atoms with E-state index in [1.54, 1.807) is 6.07 Å². The molecule has 4 N–H and O–H groups in total. The Bertz CT molecular complexity index is 663. The van der Waals surface area contributed by atoms with Gasteiger partial charge >= 0.3 is 0 Å². The van der Waals surface area contributed by atoms with Crippen LogP contribution in [0.2, 0.25) is 0 Å². The fraction of sp³-hybridized carbons (Fsp3) is 0.143. The number of hydrogen-bond donors (Lipinski definition) is 2. The second-order valence-electron chi connectivity index (χ2n) is 4.41. The zero-order valence-electron chi connectivity index (χ0n) is 11.3. The minimum Gasteiger partial charge on any atom is -0.377 e. The van der Waals surface area contributed by atoms with Crippen LogP contribution in [0, 0.1) is 0 Å². The summed E-state index contributed by atoms with van der Waals surface area (Å²) in [6.45, 7) is 0. The zero-order valence-corrected chi connectivity index (χ0v) is 12.1. The molecule has 0 unspecified atom stereocenters. The molecule has 1 amide bonds. The Hall–Kier alpha value is -2.27. The second-order valence-corrected chi connectivity index (χ2v) is 4.41. The molecule has 106 valence electrons. The van der Waals surface area contributed by atoms with Crippen molar-refractivity contribution in [3.05, 3.63) is 42.0 Å². The summed E-state index contributed by atoms with van der Waals surface area (Å²) in [4.78, 5) is 17.6. The second kappa shape index (κ2) is 6.25. The van der Waals surface area contributed by atoms with Crippen LogP contribution in [-0.2, 0) is 0 Å². The minimum absolute atomic E-state index is 0. The molecular formula is C14H17ClN4O. The Morgan fingerprint density at radius 2 is 1.65 bits per heavy atom. The van der Waals surface area contributed by atoms with E-state index in [1.807, 2.05) is 49.3 Å². The highest BCUT2D eigenvalue weighted by Crippen LogP contribution is 2.28. The molecule has 2 rings (SSSR count). The lowest BCUT2D eigenvalue weighted by atomic mass is 10.0. The maximum Gasteiger partial charge on any atom is 0.280 e. The molecule has 0 aliphatic rings. The van der Waals surface area contributed by atoms with E-state index in [-0.39, 0.29) is 18.4 Å². The molecule has 0 saturated heterocycles. The van der Waals surface area contributed by atoms with Crippen molar-refractivity contribution in [2.24, 2.45) is 16.5 Å². The van der Waals surface area contributed by atoms with Crippen LogP contribution in [0.15, 0.2) is 41.4 Å². The maximum atomic E-state index is 12.0. The molecule has 0 heterocycles. The predicted molar refractivity (Wildman–Crippen MR) is 85.7 cm³/mol. The number of rotatable bonds is 2. The van der Waals surface area contributed by atoms with Gasteiger partial charge in [0.2, 0.25) is 0 Å². The van der Waals surface area contributed by atoms with Gasteiger partial charge in [-0.15, -0.1) is 12.4 Å². The number of hydrogen-bond acceptors (Lipinski definition) is 2. The first-order valence-electron chi connectivity index (χ1n) is 5.83. The van der Waals surface area contributed by atoms with Crippen LogP contribution < -0.4 is 16.4 Å². The van der Waals surface area contributed by atoms with E-state index >= 15 is 0 Å². The molecule has 0 aliphatic carbocycles. The van der Waals surface area contributed by atoms with Gasteiger partial charge in [0, 0.05) is 30.7 Å². The highest BCUT2D eigenvalue weighted by molar-refractivity contribution is 6.13. The quantitative estimate of drug-likeness (QED) is 0.652. The van der Waals surface area contributed by atoms with Crippen LogP contribution in [0.4, 0.5) is 5.69 Å². The smallest absolute Gasteiger partial charge is 0.280 e. The molecule has 6 heteroatoms. The average molecular weight is 293 g/mol. The van der Waals surface area contributed by atoms with Gasteiger partial charge in [0.05, 0.1) is 0 Å². The first-order valence-corrected chi connectivity index (χ1v) is 5.83. The van der Waals surface area contributed by atoms with E-state index in [0.29, 0.717) is 5.56 Å². The van der Waals surface area contributed by atoms with Crippen molar-refractivity contribution >= 4 is 40.7 Å². The van der Waals surface area contributed by atoms with Crippen LogP contribution in [0.1, 0.15) is 10.4 Å². The van der Waals surface area contributed by atoms with Crippen LogP contribution >= 0.6 is 12.4 Å². The molecule has 2 aromatic rings. The molecule has 0 fully saturated rings. The van der Waals surface area contributed by atoms with Crippen LogP contribution in [0.5, 0.6) is 0 Å². The standard InChI is InChI=1S/C14H16N4O.ClH/c1-18(2)12-8-7-11(13(19)17-14(15)16)9-5-3-4-6-10(9)12;/h3-8H,1-2H3,(H4,15,16,17,19);1H. The highest BCUT2D eigenvalue weighted by Gasteiger charge is 2.12. The van der Waals surface area contributed by atoms with Crippen LogP contribution in [0.25, 0.3) is 10.8 Å². The van der Waals surface area contributed by atoms with Crippen molar-refractivity contribution in [1.29, 1.82) is 0 Å². The average Bonchev–Trinajstić information content (AvgIpc) is 2.36. The Kier molecular flexibility index (Phi) is 4.94. The summed E-state index contributed by atoms with van der Waals surface area (Å²) >= 11 is 0. The van der Waals surface area contributed by atoms with Crippen LogP contribution in [-0.4, -0.2) is 26.0 Å². The molecule has 0 bridgehead atoms. The fourth-order valence-electron chi connectivity index (χ4n) is 2.04. The maximum absolute atomic E-state index is 12.0. The van der Waals surface area contributed by atoms with Gasteiger partial charge in [0.1, 0.15) is 0 Å². The van der Waals surface area contributed by atoms with E-state index in [2.05, 4.69) is 4.99 Å². The van der Waals surface area contributed by atoms with Crippen molar-refractivity contribution in [2.75, 3.05) is 19.0 Å². The highest BCUT2D eigenvalue weighted by atomic mass is 35.5. The third-order valence-electron chi connectivity index (χ3n) is 2.84. The summed E-state index contributed by atoms with van der Waals surface area (Å²) in [5.74, 6) is -0.660. The van der Waals surface area contributed by atoms with Gasteiger partial charge in [-0.3, -0.25) is 4.79 Å². The molecule has 0 aliphatic heterocycles. The Labute approximate surface area is 123 Å². The number of guanidine groups is 1. The SMILES string of the molecule is CN(C)c1ccc(C(=O)N=C(N)N)c2ccccc12.Cl. The molecule has 5 nitrogen and oxygen atoms in total. The Morgan fingerprint density at radius 3 is 2.20 bits per heavy atom. The molecule has 2 aromatic carbocycles. The summed E-state index contributed by atoms with van der Waals surface area (Å²) < 4.78 is 0. The molecule has 0 radical (unpaired) electrons. The molecule has 0 aromatic heterocycles. The van der Waals surface area contributed by atoms with Crippen molar-refractivity contribution in [1.82, 2.24) is 0 Å². The van der Waals surface area contributed by atoms with Crippen molar-refractivity contribution in [3.8, 4) is 0 Å². The number of nitrogens with two attached hydrogens (primary N) is 2. The number of nitrogens with zero attached hydrogens (tertiary/aromatic N) is 2. The molecule has 0 spiro atoms. The van der Waals surface area contributed by atoms with Gasteiger partial charge in [-0.2, -0.15) is 4.99 Å². The van der Waals surface area contributed by atoms with Crippen LogP contribution in [0.3, 0.4) is 0 Å². The predicted octanol–water partition coefficient (Wildman–Crippen LogP) is 1.74. The van der Waals surface area contributed by atoms with Gasteiger partial charge in [-0.05, 0) is 17.5 Å². The third kappa shape index (κ3) is 3.00. The van der Waals surface area contributed by atoms with E-state index in [1.165, 1.54) is 0 Å². The minimum atomic E-state index is -0.429. The number of halogens is 1. The molecular weight excluding hydrogens is 276 g/mol. The van der Waals surface area contributed by atoms with E-state index < -0.39 is 5.91 Å². The zero-order chi connectivity index (χ0) is 14.0. The number of benzene rings is 2. The summed E-state index contributed by atoms with van der Waals surface area (Å²) in [6.07, 6.45) is 0. The number of carbonyl (C=O) groups excluding carboxylic acids is 1. The van der Waals surface area contributed by atoms with Crippen molar-refractivity contribution in [2.45, 2.75) is 0 Å². The fourth-order valence-corrected chi connectivity index (χ4v) is 2.04. The summed E-state index contributed by atoms with van der Waals surface area (Å²) in [5, 5.41) is 1.83. The summed E-state index contributed by atoms with van der Waals surface area (Å²) in [7, 11) is 3.92. The van der Waals surface area contributed by atoms with E-state index in [4.69, 9.17) is 11.5 Å².